The molecule has 2 unspecified atom stereocenters. The maximum atomic E-state index is 13.4. The lowest BCUT2D eigenvalue weighted by atomic mass is 9.69. The molecule has 33 heavy (non-hydrogen) atoms. The average molecular weight is 436 g/mol. The molecule has 1 saturated carbocycles. The number of fused-ring (bicyclic) bond motifs is 3. The second-order valence-corrected chi connectivity index (χ2v) is 9.88. The van der Waals surface area contributed by atoms with Gasteiger partial charge in [-0.25, -0.2) is 0 Å². The zero-order valence-electron chi connectivity index (χ0n) is 19.3. The van der Waals surface area contributed by atoms with Crippen molar-refractivity contribution in [2.24, 2.45) is 0 Å². The summed E-state index contributed by atoms with van der Waals surface area (Å²) in [6.45, 7) is 6.35. The Morgan fingerprint density at radius 3 is 2.42 bits per heavy atom. The highest BCUT2D eigenvalue weighted by Gasteiger charge is 2.50. The molecule has 2 aliphatic rings. The molecular weight excluding hydrogens is 408 g/mol. The summed E-state index contributed by atoms with van der Waals surface area (Å²) in [7, 11) is 2.05. The van der Waals surface area contributed by atoms with E-state index >= 15 is 0 Å². The molecule has 2 atom stereocenters. The van der Waals surface area contributed by atoms with Crippen molar-refractivity contribution in [3.63, 3.8) is 0 Å². The summed E-state index contributed by atoms with van der Waals surface area (Å²) in [5, 5.41) is 14.6. The standard InChI is InChI=1S/C29H26N2O2/c1-16-25(19-11-7-8-12-22(19)30-16)26-27(32)20(28(26)33)15-24-29(2,3)21-13-17-9-5-6-10-18(17)14-23(21)31(24)4/h5-15,26-27,32H,1-4H3/p+1. The van der Waals surface area contributed by atoms with Crippen LogP contribution in [-0.4, -0.2) is 39.3 Å². The number of nitrogens with zero attached hydrogens (tertiary/aromatic N) is 1. The molecule has 2 N–H and O–H groups in total. The number of carbonyl (C=O) groups is 1. The number of hydrogen-bond donors (Lipinski definition) is 2. The maximum absolute atomic E-state index is 13.4. The number of aromatic nitrogens is 1. The summed E-state index contributed by atoms with van der Waals surface area (Å²) in [5.74, 6) is -0.513. The number of ketones is 1. The van der Waals surface area contributed by atoms with Gasteiger partial charge in [-0.05, 0) is 49.2 Å². The average Bonchev–Trinajstić information content (AvgIpc) is 3.22. The van der Waals surface area contributed by atoms with Crippen LogP contribution in [-0.2, 0) is 10.2 Å². The van der Waals surface area contributed by atoms with Crippen molar-refractivity contribution in [3.05, 3.63) is 89.1 Å². The minimum atomic E-state index is -0.810. The van der Waals surface area contributed by atoms with Gasteiger partial charge < -0.3 is 10.1 Å². The summed E-state index contributed by atoms with van der Waals surface area (Å²) in [5.41, 5.74) is 6.49. The lowest BCUT2D eigenvalue weighted by Gasteiger charge is -2.34. The van der Waals surface area contributed by atoms with Crippen LogP contribution in [0, 0.1) is 6.92 Å². The van der Waals surface area contributed by atoms with E-state index in [4.69, 9.17) is 0 Å². The lowest BCUT2D eigenvalue weighted by molar-refractivity contribution is -0.401. The van der Waals surface area contributed by atoms with E-state index in [1.807, 2.05) is 44.3 Å². The Kier molecular flexibility index (Phi) is 4.12. The summed E-state index contributed by atoms with van der Waals surface area (Å²) < 4.78 is 2.17. The van der Waals surface area contributed by atoms with E-state index in [1.165, 1.54) is 16.3 Å². The van der Waals surface area contributed by atoms with Crippen molar-refractivity contribution in [1.82, 2.24) is 4.98 Å². The third kappa shape index (κ3) is 2.67. The smallest absolute Gasteiger partial charge is 0.210 e. The largest absolute Gasteiger partial charge is 0.387 e. The SMILES string of the molecule is Cc1[nH]c2ccccc2c1C1C(=O)C(=CC2=[N+](C)c3cc4ccccc4cc3C2(C)C)C1O. The number of rotatable bonds is 2. The van der Waals surface area contributed by atoms with Crippen LogP contribution in [0.2, 0.25) is 0 Å². The third-order valence-electron chi connectivity index (χ3n) is 7.65. The van der Waals surface area contributed by atoms with Gasteiger partial charge in [-0.15, -0.1) is 0 Å². The maximum Gasteiger partial charge on any atom is 0.210 e. The van der Waals surface area contributed by atoms with Gasteiger partial charge in [0.1, 0.15) is 7.05 Å². The van der Waals surface area contributed by atoms with Crippen molar-refractivity contribution in [2.75, 3.05) is 7.05 Å². The topological polar surface area (TPSA) is 56.1 Å². The number of aliphatic hydroxyl groups excluding tert-OH is 1. The highest BCUT2D eigenvalue weighted by molar-refractivity contribution is 6.17. The normalized spacial score (nSPS) is 22.9. The molecule has 4 aromatic rings. The lowest BCUT2D eigenvalue weighted by Crippen LogP contribution is -2.44. The number of aromatic amines is 1. The van der Waals surface area contributed by atoms with Crippen LogP contribution >= 0.6 is 0 Å². The molecule has 164 valence electrons. The quantitative estimate of drug-likeness (QED) is 0.332. The predicted molar refractivity (Wildman–Crippen MR) is 133 cm³/mol. The van der Waals surface area contributed by atoms with Crippen LogP contribution in [0.3, 0.4) is 0 Å². The zero-order valence-corrected chi connectivity index (χ0v) is 19.3. The summed E-state index contributed by atoms with van der Waals surface area (Å²) in [6.07, 6.45) is 1.12. The van der Waals surface area contributed by atoms with Gasteiger partial charge in [0, 0.05) is 39.9 Å². The molecule has 1 aromatic heterocycles. The first-order valence-corrected chi connectivity index (χ1v) is 11.4. The Balaban J connectivity index is 1.42. The second kappa shape index (κ2) is 6.75. The molecule has 4 heteroatoms. The molecule has 4 nitrogen and oxygen atoms in total. The number of para-hydroxylation sites is 1. The predicted octanol–water partition coefficient (Wildman–Crippen LogP) is 5.29. The Bertz CT molecular complexity index is 1550. The minimum absolute atomic E-state index is 0.00757. The number of hydrogen-bond acceptors (Lipinski definition) is 2. The highest BCUT2D eigenvalue weighted by Crippen LogP contribution is 2.46. The highest BCUT2D eigenvalue weighted by atomic mass is 16.3. The number of aliphatic hydroxyl groups is 1. The van der Waals surface area contributed by atoms with Gasteiger partial charge in [-0.1, -0.05) is 42.5 Å². The number of aryl methyl sites for hydroxylation is 1. The molecule has 0 spiro atoms. The molecule has 0 saturated heterocycles. The number of H-pyrrole nitrogens is 1. The van der Waals surface area contributed by atoms with E-state index in [1.54, 1.807) is 0 Å². The molecule has 2 heterocycles. The van der Waals surface area contributed by atoms with Crippen molar-refractivity contribution in [1.29, 1.82) is 0 Å². The zero-order chi connectivity index (χ0) is 23.1. The van der Waals surface area contributed by atoms with Gasteiger partial charge in [0.15, 0.2) is 11.5 Å². The van der Waals surface area contributed by atoms with Gasteiger partial charge in [0.05, 0.1) is 17.4 Å². The van der Waals surface area contributed by atoms with Gasteiger partial charge in [0.25, 0.3) is 0 Å². The first-order chi connectivity index (χ1) is 15.8. The Morgan fingerprint density at radius 2 is 1.70 bits per heavy atom. The van der Waals surface area contributed by atoms with E-state index in [2.05, 4.69) is 59.8 Å². The minimum Gasteiger partial charge on any atom is -0.387 e. The fraction of sp³-hybridized carbons (Fsp3) is 0.241. The van der Waals surface area contributed by atoms with Crippen LogP contribution in [0.5, 0.6) is 0 Å². The molecule has 0 amide bonds. The molecule has 1 fully saturated rings. The molecular formula is C29H27N2O2+. The van der Waals surface area contributed by atoms with Crippen molar-refractivity contribution in [3.8, 4) is 0 Å². The van der Waals surface area contributed by atoms with Crippen LogP contribution in [0.4, 0.5) is 5.69 Å². The first-order valence-electron chi connectivity index (χ1n) is 11.4. The van der Waals surface area contributed by atoms with E-state index in [0.29, 0.717) is 5.57 Å². The molecule has 0 radical (unpaired) electrons. The fourth-order valence-electron chi connectivity index (χ4n) is 5.81. The summed E-state index contributed by atoms with van der Waals surface area (Å²) >= 11 is 0. The number of allylic oxidation sites excluding steroid dienone is 1. The van der Waals surface area contributed by atoms with E-state index in [0.717, 1.165) is 33.6 Å². The summed E-state index contributed by atoms with van der Waals surface area (Å²) in [4.78, 5) is 16.7. The van der Waals surface area contributed by atoms with Gasteiger partial charge in [0.2, 0.25) is 5.69 Å². The third-order valence-corrected chi connectivity index (χ3v) is 7.65. The van der Waals surface area contributed by atoms with Crippen molar-refractivity contribution in [2.45, 2.75) is 38.2 Å². The molecule has 1 aliphatic carbocycles. The number of carbonyl (C=O) groups excluding carboxylic acids is 1. The van der Waals surface area contributed by atoms with Gasteiger partial charge in [-0.2, -0.15) is 4.58 Å². The summed E-state index contributed by atoms with van der Waals surface area (Å²) in [6, 6.07) is 20.8. The molecule has 6 rings (SSSR count). The number of nitrogens with one attached hydrogen (secondary N) is 1. The van der Waals surface area contributed by atoms with E-state index in [-0.39, 0.29) is 11.2 Å². The molecule has 1 aliphatic heterocycles. The molecule has 0 bridgehead atoms. The van der Waals surface area contributed by atoms with Gasteiger partial charge in [-0.3, -0.25) is 4.79 Å². The monoisotopic (exact) mass is 435 g/mol. The Morgan fingerprint density at radius 1 is 1.03 bits per heavy atom. The fourth-order valence-corrected chi connectivity index (χ4v) is 5.81. The van der Waals surface area contributed by atoms with Crippen LogP contribution in [0.1, 0.15) is 36.6 Å². The van der Waals surface area contributed by atoms with Crippen LogP contribution < -0.4 is 0 Å². The van der Waals surface area contributed by atoms with E-state index < -0.39 is 12.0 Å². The Labute approximate surface area is 192 Å². The number of Topliss-reactive ketones (excluding diaryl/α,β-unsaturated/α-hetero) is 1. The Hall–Kier alpha value is -3.50. The first kappa shape index (κ1) is 20.1. The van der Waals surface area contributed by atoms with Crippen molar-refractivity contribution >= 4 is 38.9 Å². The van der Waals surface area contributed by atoms with Crippen LogP contribution in [0.15, 0.2) is 72.3 Å². The number of benzene rings is 3. The van der Waals surface area contributed by atoms with E-state index in [9.17, 15) is 9.90 Å². The van der Waals surface area contributed by atoms with Crippen LogP contribution in [0.25, 0.3) is 21.7 Å². The van der Waals surface area contributed by atoms with Crippen molar-refractivity contribution < 1.29 is 14.5 Å². The second-order valence-electron chi connectivity index (χ2n) is 9.88. The van der Waals surface area contributed by atoms with Gasteiger partial charge >= 0.3 is 0 Å². The molecule has 3 aromatic carbocycles.